The van der Waals surface area contributed by atoms with Gasteiger partial charge in [-0.15, -0.1) is 0 Å². The van der Waals surface area contributed by atoms with E-state index in [2.05, 4.69) is 15.4 Å². The molecule has 3 N–H and O–H groups in total. The summed E-state index contributed by atoms with van der Waals surface area (Å²) in [6, 6.07) is 3.38. The Bertz CT molecular complexity index is 505. The first-order chi connectivity index (χ1) is 7.66. The average molecular weight is 217 g/mol. The number of pyridine rings is 1. The van der Waals surface area contributed by atoms with Gasteiger partial charge < -0.3 is 11.1 Å². The molecule has 0 spiro atoms. The Kier molecular flexibility index (Phi) is 2.55. The lowest BCUT2D eigenvalue weighted by Crippen LogP contribution is -2.14. The molecule has 0 bridgehead atoms. The van der Waals surface area contributed by atoms with Crippen LogP contribution in [0.1, 0.15) is 10.5 Å². The quantitative estimate of drug-likeness (QED) is 0.773. The molecule has 0 aliphatic rings. The molecule has 2 aromatic heterocycles. The molecule has 0 fully saturated rings. The molecule has 2 heterocycles. The maximum Gasteiger partial charge on any atom is 0.278 e. The summed E-state index contributed by atoms with van der Waals surface area (Å²) in [5, 5.41) is 6.65. The summed E-state index contributed by atoms with van der Waals surface area (Å²) in [5.74, 6) is -0.329. The maximum absolute atomic E-state index is 11.8. The van der Waals surface area contributed by atoms with E-state index in [0.29, 0.717) is 11.4 Å². The van der Waals surface area contributed by atoms with Crippen LogP contribution in [0.2, 0.25) is 0 Å². The van der Waals surface area contributed by atoms with E-state index in [0.717, 1.165) is 0 Å². The zero-order valence-electron chi connectivity index (χ0n) is 8.71. The molecule has 0 aliphatic carbocycles. The molecule has 2 aromatic rings. The normalized spacial score (nSPS) is 10.1. The molecular formula is C10H11N5O. The Morgan fingerprint density at radius 3 is 2.69 bits per heavy atom. The van der Waals surface area contributed by atoms with Crippen LogP contribution in [-0.4, -0.2) is 20.7 Å². The number of nitrogen functional groups attached to an aromatic ring is 1. The highest BCUT2D eigenvalue weighted by molar-refractivity contribution is 6.06. The SMILES string of the molecule is Cn1cc(N)c(C(=O)Nc2ccncc2)n1. The van der Waals surface area contributed by atoms with Crippen LogP contribution in [-0.2, 0) is 7.05 Å². The minimum absolute atomic E-state index is 0.222. The molecule has 0 radical (unpaired) electrons. The van der Waals surface area contributed by atoms with Crippen molar-refractivity contribution in [1.82, 2.24) is 14.8 Å². The molecule has 0 saturated carbocycles. The first-order valence-corrected chi connectivity index (χ1v) is 4.67. The molecular weight excluding hydrogens is 206 g/mol. The number of hydrogen-bond acceptors (Lipinski definition) is 4. The number of amides is 1. The van der Waals surface area contributed by atoms with Gasteiger partial charge in [-0.3, -0.25) is 14.5 Å². The second-order valence-electron chi connectivity index (χ2n) is 3.30. The first kappa shape index (κ1) is 10.2. The van der Waals surface area contributed by atoms with Crippen molar-refractivity contribution >= 4 is 17.3 Å². The lowest BCUT2D eigenvalue weighted by Gasteiger charge is -2.02. The van der Waals surface area contributed by atoms with Crippen molar-refractivity contribution in [2.45, 2.75) is 0 Å². The third kappa shape index (κ3) is 2.00. The third-order valence-electron chi connectivity index (χ3n) is 2.01. The van der Waals surface area contributed by atoms with E-state index >= 15 is 0 Å². The van der Waals surface area contributed by atoms with Crippen molar-refractivity contribution in [1.29, 1.82) is 0 Å². The van der Waals surface area contributed by atoms with E-state index in [1.807, 2.05) is 0 Å². The summed E-state index contributed by atoms with van der Waals surface area (Å²) in [4.78, 5) is 15.6. The fraction of sp³-hybridized carbons (Fsp3) is 0.100. The van der Waals surface area contributed by atoms with Crippen LogP contribution < -0.4 is 11.1 Å². The summed E-state index contributed by atoms with van der Waals surface area (Å²) in [5.41, 5.74) is 6.87. The van der Waals surface area contributed by atoms with Crippen molar-refractivity contribution in [3.63, 3.8) is 0 Å². The summed E-state index contributed by atoms with van der Waals surface area (Å²) < 4.78 is 1.50. The zero-order chi connectivity index (χ0) is 11.5. The molecule has 6 nitrogen and oxygen atoms in total. The van der Waals surface area contributed by atoms with Gasteiger partial charge in [-0.2, -0.15) is 5.10 Å². The molecule has 16 heavy (non-hydrogen) atoms. The van der Waals surface area contributed by atoms with Gasteiger partial charge in [-0.05, 0) is 12.1 Å². The predicted molar refractivity (Wildman–Crippen MR) is 59.8 cm³/mol. The second-order valence-corrected chi connectivity index (χ2v) is 3.30. The van der Waals surface area contributed by atoms with Gasteiger partial charge in [0, 0.05) is 31.3 Å². The minimum atomic E-state index is -0.329. The lowest BCUT2D eigenvalue weighted by atomic mass is 10.3. The lowest BCUT2D eigenvalue weighted by molar-refractivity contribution is 0.102. The van der Waals surface area contributed by atoms with E-state index in [-0.39, 0.29) is 11.6 Å². The number of carbonyl (C=O) groups excluding carboxylic acids is 1. The molecule has 0 atom stereocenters. The summed E-state index contributed by atoms with van der Waals surface area (Å²) in [6.07, 6.45) is 4.77. The van der Waals surface area contributed by atoms with Gasteiger partial charge >= 0.3 is 0 Å². The third-order valence-corrected chi connectivity index (χ3v) is 2.01. The van der Waals surface area contributed by atoms with Gasteiger partial charge in [0.05, 0.1) is 5.69 Å². The van der Waals surface area contributed by atoms with E-state index < -0.39 is 0 Å². The van der Waals surface area contributed by atoms with Crippen LogP contribution >= 0.6 is 0 Å². The summed E-state index contributed by atoms with van der Waals surface area (Å²) in [7, 11) is 1.71. The Morgan fingerprint density at radius 1 is 1.44 bits per heavy atom. The Labute approximate surface area is 92.1 Å². The van der Waals surface area contributed by atoms with Gasteiger partial charge in [0.1, 0.15) is 0 Å². The zero-order valence-corrected chi connectivity index (χ0v) is 8.71. The van der Waals surface area contributed by atoms with Gasteiger partial charge in [-0.1, -0.05) is 0 Å². The van der Waals surface area contributed by atoms with Crippen molar-refractivity contribution < 1.29 is 4.79 Å². The molecule has 0 aliphatic heterocycles. The van der Waals surface area contributed by atoms with E-state index in [1.165, 1.54) is 4.68 Å². The van der Waals surface area contributed by atoms with Crippen LogP contribution in [0.3, 0.4) is 0 Å². The fourth-order valence-corrected chi connectivity index (χ4v) is 1.31. The molecule has 1 amide bonds. The van der Waals surface area contributed by atoms with Crippen molar-refractivity contribution in [2.75, 3.05) is 11.1 Å². The van der Waals surface area contributed by atoms with E-state index in [1.54, 1.807) is 37.8 Å². The van der Waals surface area contributed by atoms with Gasteiger partial charge in [0.2, 0.25) is 0 Å². The molecule has 2 rings (SSSR count). The Balaban J connectivity index is 2.18. The van der Waals surface area contributed by atoms with Crippen LogP contribution in [0.4, 0.5) is 11.4 Å². The topological polar surface area (TPSA) is 85.8 Å². The monoisotopic (exact) mass is 217 g/mol. The average Bonchev–Trinajstić information content (AvgIpc) is 2.59. The molecule has 0 saturated heterocycles. The smallest absolute Gasteiger partial charge is 0.278 e. The highest BCUT2D eigenvalue weighted by atomic mass is 16.2. The Hall–Kier alpha value is -2.37. The number of nitrogens with one attached hydrogen (secondary N) is 1. The largest absolute Gasteiger partial charge is 0.396 e. The summed E-state index contributed by atoms with van der Waals surface area (Å²) >= 11 is 0. The number of aromatic nitrogens is 3. The molecule has 0 unspecified atom stereocenters. The Morgan fingerprint density at radius 2 is 2.12 bits per heavy atom. The van der Waals surface area contributed by atoms with Gasteiger partial charge in [-0.25, -0.2) is 0 Å². The highest BCUT2D eigenvalue weighted by Crippen LogP contribution is 2.11. The van der Waals surface area contributed by atoms with Gasteiger partial charge in [0.15, 0.2) is 5.69 Å². The number of hydrogen-bond donors (Lipinski definition) is 2. The van der Waals surface area contributed by atoms with E-state index in [4.69, 9.17) is 5.73 Å². The second kappa shape index (κ2) is 4.01. The van der Waals surface area contributed by atoms with Gasteiger partial charge in [0.25, 0.3) is 5.91 Å². The number of nitrogens with zero attached hydrogens (tertiary/aromatic N) is 3. The van der Waals surface area contributed by atoms with Crippen LogP contribution in [0.25, 0.3) is 0 Å². The number of anilines is 2. The number of carbonyl (C=O) groups is 1. The minimum Gasteiger partial charge on any atom is -0.396 e. The summed E-state index contributed by atoms with van der Waals surface area (Å²) in [6.45, 7) is 0. The number of rotatable bonds is 2. The van der Waals surface area contributed by atoms with Crippen LogP contribution in [0, 0.1) is 0 Å². The standard InChI is InChI=1S/C10H11N5O/c1-15-6-8(11)9(14-15)10(16)13-7-2-4-12-5-3-7/h2-6H,11H2,1H3,(H,12,13,16). The first-order valence-electron chi connectivity index (χ1n) is 4.67. The number of aryl methyl sites for hydroxylation is 1. The highest BCUT2D eigenvalue weighted by Gasteiger charge is 2.13. The number of nitrogens with two attached hydrogens (primary N) is 1. The van der Waals surface area contributed by atoms with Crippen molar-refractivity contribution in [3.05, 3.63) is 36.4 Å². The van der Waals surface area contributed by atoms with Crippen LogP contribution in [0.15, 0.2) is 30.7 Å². The molecule has 82 valence electrons. The predicted octanol–water partition coefficient (Wildman–Crippen LogP) is 0.650. The van der Waals surface area contributed by atoms with Crippen molar-refractivity contribution in [2.24, 2.45) is 7.05 Å². The molecule has 0 aromatic carbocycles. The fourth-order valence-electron chi connectivity index (χ4n) is 1.31. The van der Waals surface area contributed by atoms with E-state index in [9.17, 15) is 4.79 Å². The molecule has 6 heteroatoms. The van der Waals surface area contributed by atoms with Crippen LogP contribution in [0.5, 0.6) is 0 Å². The maximum atomic E-state index is 11.8. The van der Waals surface area contributed by atoms with Crippen molar-refractivity contribution in [3.8, 4) is 0 Å².